The summed E-state index contributed by atoms with van der Waals surface area (Å²) in [6.07, 6.45) is 1.56. The van der Waals surface area contributed by atoms with Gasteiger partial charge in [0.25, 0.3) is 11.8 Å². The molecule has 2 atom stereocenters. The number of nitrogens with zero attached hydrogens (tertiary/aromatic N) is 1. The zero-order chi connectivity index (χ0) is 25.8. The number of amides is 2. The number of ether oxygens (including phenoxy) is 1. The molecule has 6 nitrogen and oxygen atoms in total. The minimum absolute atomic E-state index is 0.151. The maximum absolute atomic E-state index is 13.4. The van der Waals surface area contributed by atoms with Crippen molar-refractivity contribution < 1.29 is 18.7 Å². The summed E-state index contributed by atoms with van der Waals surface area (Å²) in [4.78, 5) is 28.0. The van der Waals surface area contributed by atoms with Crippen LogP contribution in [0.5, 0.6) is 5.75 Å². The van der Waals surface area contributed by atoms with Crippen molar-refractivity contribution in [2.24, 2.45) is 0 Å². The first-order valence-corrected chi connectivity index (χ1v) is 12.5. The number of aryl methyl sites for hydroxylation is 1. The van der Waals surface area contributed by atoms with E-state index in [4.69, 9.17) is 9.15 Å². The Kier molecular flexibility index (Phi) is 7.08. The number of benzene rings is 3. The first kappa shape index (κ1) is 24.4. The van der Waals surface area contributed by atoms with Crippen molar-refractivity contribution in [2.45, 2.75) is 39.0 Å². The Morgan fingerprint density at radius 3 is 2.62 bits per heavy atom. The largest absolute Gasteiger partial charge is 0.481 e. The van der Waals surface area contributed by atoms with Gasteiger partial charge in [0.1, 0.15) is 5.75 Å². The topological polar surface area (TPSA) is 71.8 Å². The average Bonchev–Trinajstić information content (AvgIpc) is 3.46. The SMILES string of the molecule is Cc1cccc([C@@H]2c3cc(O[C@@H](C)C(=O)NCc4ccccc4)ccc3CCN2C(=O)c2ccco2)c1. The van der Waals surface area contributed by atoms with E-state index in [0.717, 1.165) is 34.2 Å². The van der Waals surface area contributed by atoms with E-state index in [1.165, 1.54) is 6.26 Å². The second-order valence-electron chi connectivity index (χ2n) is 9.37. The number of nitrogens with one attached hydrogen (secondary N) is 1. The molecule has 2 amide bonds. The average molecular weight is 495 g/mol. The van der Waals surface area contributed by atoms with E-state index in [1.807, 2.05) is 78.6 Å². The molecule has 0 aliphatic carbocycles. The van der Waals surface area contributed by atoms with Gasteiger partial charge in [-0.3, -0.25) is 9.59 Å². The van der Waals surface area contributed by atoms with Gasteiger partial charge in [0.05, 0.1) is 12.3 Å². The highest BCUT2D eigenvalue weighted by molar-refractivity contribution is 5.92. The molecule has 188 valence electrons. The summed E-state index contributed by atoms with van der Waals surface area (Å²) >= 11 is 0. The summed E-state index contributed by atoms with van der Waals surface area (Å²) < 4.78 is 11.5. The fraction of sp³-hybridized carbons (Fsp3) is 0.226. The Hall–Kier alpha value is -4.32. The second-order valence-corrected chi connectivity index (χ2v) is 9.37. The maximum atomic E-state index is 13.4. The number of hydrogen-bond acceptors (Lipinski definition) is 4. The van der Waals surface area contributed by atoms with E-state index in [0.29, 0.717) is 24.6 Å². The number of rotatable bonds is 7. The zero-order valence-electron chi connectivity index (χ0n) is 21.0. The summed E-state index contributed by atoms with van der Waals surface area (Å²) in [6, 6.07) is 27.0. The molecule has 0 radical (unpaired) electrons. The van der Waals surface area contributed by atoms with Crippen LogP contribution in [0.2, 0.25) is 0 Å². The van der Waals surface area contributed by atoms with Gasteiger partial charge >= 0.3 is 0 Å². The van der Waals surface area contributed by atoms with Crippen molar-refractivity contribution in [1.82, 2.24) is 10.2 Å². The van der Waals surface area contributed by atoms with E-state index < -0.39 is 6.10 Å². The van der Waals surface area contributed by atoms with Crippen LogP contribution < -0.4 is 10.1 Å². The minimum Gasteiger partial charge on any atom is -0.481 e. The molecule has 4 aromatic rings. The lowest BCUT2D eigenvalue weighted by atomic mass is 9.87. The van der Waals surface area contributed by atoms with Crippen molar-refractivity contribution in [3.8, 4) is 5.75 Å². The van der Waals surface area contributed by atoms with Gasteiger partial charge in [0.15, 0.2) is 11.9 Å². The Morgan fingerprint density at radius 2 is 1.86 bits per heavy atom. The summed E-state index contributed by atoms with van der Waals surface area (Å²) in [6.45, 7) is 4.80. The highest BCUT2D eigenvalue weighted by Crippen LogP contribution is 2.38. The lowest BCUT2D eigenvalue weighted by Gasteiger charge is -2.37. The van der Waals surface area contributed by atoms with E-state index in [9.17, 15) is 9.59 Å². The van der Waals surface area contributed by atoms with Crippen molar-refractivity contribution in [3.63, 3.8) is 0 Å². The van der Waals surface area contributed by atoms with Gasteiger partial charge in [-0.05, 0) is 66.8 Å². The predicted octanol–water partition coefficient (Wildman–Crippen LogP) is 5.46. The third kappa shape index (κ3) is 5.43. The number of hydrogen-bond donors (Lipinski definition) is 1. The third-order valence-electron chi connectivity index (χ3n) is 6.69. The summed E-state index contributed by atoms with van der Waals surface area (Å²) in [5.74, 6) is 0.567. The number of carbonyl (C=O) groups is 2. The molecule has 5 rings (SSSR count). The molecular weight excluding hydrogens is 464 g/mol. The van der Waals surface area contributed by atoms with E-state index in [2.05, 4.69) is 11.4 Å². The minimum atomic E-state index is -0.677. The molecule has 37 heavy (non-hydrogen) atoms. The van der Waals surface area contributed by atoms with Crippen molar-refractivity contribution in [1.29, 1.82) is 0 Å². The van der Waals surface area contributed by atoms with Gasteiger partial charge < -0.3 is 19.4 Å². The molecule has 6 heteroatoms. The number of carbonyl (C=O) groups excluding carboxylic acids is 2. The number of fused-ring (bicyclic) bond motifs is 1. The Balaban J connectivity index is 1.40. The molecule has 1 aromatic heterocycles. The first-order chi connectivity index (χ1) is 18.0. The van der Waals surface area contributed by atoms with Crippen LogP contribution in [0.3, 0.4) is 0 Å². The van der Waals surface area contributed by atoms with Crippen LogP contribution in [0, 0.1) is 6.92 Å². The Bertz CT molecular complexity index is 1380. The van der Waals surface area contributed by atoms with Gasteiger partial charge in [-0.25, -0.2) is 0 Å². The molecule has 0 spiro atoms. The molecule has 0 saturated carbocycles. The lowest BCUT2D eigenvalue weighted by Crippen LogP contribution is -2.40. The second kappa shape index (κ2) is 10.7. The van der Waals surface area contributed by atoms with E-state index in [-0.39, 0.29) is 17.9 Å². The molecule has 0 unspecified atom stereocenters. The molecule has 1 N–H and O–H groups in total. The molecule has 0 fully saturated rings. The molecule has 0 bridgehead atoms. The van der Waals surface area contributed by atoms with Crippen LogP contribution in [0.15, 0.2) is 95.6 Å². The highest BCUT2D eigenvalue weighted by atomic mass is 16.5. The highest BCUT2D eigenvalue weighted by Gasteiger charge is 2.34. The zero-order valence-corrected chi connectivity index (χ0v) is 21.0. The summed E-state index contributed by atoms with van der Waals surface area (Å²) in [5, 5.41) is 2.93. The van der Waals surface area contributed by atoms with Gasteiger partial charge in [-0.2, -0.15) is 0 Å². The van der Waals surface area contributed by atoms with Crippen LogP contribution in [0.25, 0.3) is 0 Å². The maximum Gasteiger partial charge on any atom is 0.290 e. The van der Waals surface area contributed by atoms with Gasteiger partial charge in [-0.1, -0.05) is 66.2 Å². The molecule has 1 aliphatic heterocycles. The first-order valence-electron chi connectivity index (χ1n) is 12.5. The van der Waals surface area contributed by atoms with E-state index in [1.54, 1.807) is 19.1 Å². The van der Waals surface area contributed by atoms with Gasteiger partial charge in [0.2, 0.25) is 0 Å². The summed E-state index contributed by atoms with van der Waals surface area (Å²) in [7, 11) is 0. The van der Waals surface area contributed by atoms with Crippen LogP contribution in [-0.4, -0.2) is 29.4 Å². The fourth-order valence-corrected chi connectivity index (χ4v) is 4.81. The van der Waals surface area contributed by atoms with Gasteiger partial charge in [-0.15, -0.1) is 0 Å². The predicted molar refractivity (Wildman–Crippen MR) is 141 cm³/mol. The lowest BCUT2D eigenvalue weighted by molar-refractivity contribution is -0.127. The van der Waals surface area contributed by atoms with Crippen molar-refractivity contribution in [3.05, 3.63) is 125 Å². The number of furan rings is 1. The van der Waals surface area contributed by atoms with Gasteiger partial charge in [0, 0.05) is 13.1 Å². The molecule has 3 aromatic carbocycles. The summed E-state index contributed by atoms with van der Waals surface area (Å²) in [5.41, 5.74) is 5.31. The monoisotopic (exact) mass is 494 g/mol. The normalized spacial score (nSPS) is 15.5. The molecule has 0 saturated heterocycles. The quantitative estimate of drug-likeness (QED) is 0.370. The van der Waals surface area contributed by atoms with Crippen LogP contribution >= 0.6 is 0 Å². The third-order valence-corrected chi connectivity index (χ3v) is 6.69. The molecule has 2 heterocycles. The fourth-order valence-electron chi connectivity index (χ4n) is 4.81. The standard InChI is InChI=1S/C31H30N2O4/c1-21-8-6-11-25(18-21)29-27-19-26(37-22(2)30(34)32-20-23-9-4-3-5-10-23)14-13-24(27)15-16-33(29)31(35)28-12-7-17-36-28/h3-14,17-19,22,29H,15-16,20H2,1-2H3,(H,32,34)/t22-,29+/m0/s1. The Labute approximate surface area is 216 Å². The van der Waals surface area contributed by atoms with E-state index >= 15 is 0 Å². The smallest absolute Gasteiger partial charge is 0.290 e. The Morgan fingerprint density at radius 1 is 1.03 bits per heavy atom. The van der Waals surface area contributed by atoms with Crippen LogP contribution in [-0.2, 0) is 17.8 Å². The van der Waals surface area contributed by atoms with Crippen LogP contribution in [0.1, 0.15) is 51.3 Å². The van der Waals surface area contributed by atoms with Crippen LogP contribution in [0.4, 0.5) is 0 Å². The molecular formula is C31H30N2O4. The van der Waals surface area contributed by atoms with Crippen molar-refractivity contribution in [2.75, 3.05) is 6.54 Å². The molecule has 1 aliphatic rings. The van der Waals surface area contributed by atoms with Crippen molar-refractivity contribution >= 4 is 11.8 Å².